The molecule has 8 nitrogen and oxygen atoms in total. The number of carbonyl (C=O) groups is 1. The number of aliphatic hydroxyl groups excluding tert-OH is 1. The van der Waals surface area contributed by atoms with E-state index >= 15 is 0 Å². The number of nitrogens with zero attached hydrogens (tertiary/aromatic N) is 3. The molecule has 37 heavy (non-hydrogen) atoms. The third-order valence-electron chi connectivity index (χ3n) is 6.79. The summed E-state index contributed by atoms with van der Waals surface area (Å²) in [5.41, 5.74) is 2.92. The van der Waals surface area contributed by atoms with E-state index in [-0.39, 0.29) is 41.3 Å². The highest BCUT2D eigenvalue weighted by molar-refractivity contribution is 7.89. The van der Waals surface area contributed by atoms with E-state index in [0.717, 1.165) is 16.7 Å². The van der Waals surface area contributed by atoms with Gasteiger partial charge in [0.25, 0.3) is 5.91 Å². The fourth-order valence-corrected chi connectivity index (χ4v) is 5.53. The van der Waals surface area contributed by atoms with Crippen LogP contribution in [0, 0.1) is 12.8 Å². The van der Waals surface area contributed by atoms with Gasteiger partial charge in [-0.15, -0.1) is 0 Å². The molecule has 2 aromatic carbocycles. The topological polar surface area (TPSA) is 100 Å². The smallest absolute Gasteiger partial charge is 0.259 e. The molecule has 2 heterocycles. The minimum atomic E-state index is -3.75. The van der Waals surface area contributed by atoms with E-state index in [1.807, 2.05) is 44.2 Å². The van der Waals surface area contributed by atoms with Gasteiger partial charge in [-0.05, 0) is 37.6 Å². The maximum Gasteiger partial charge on any atom is 0.259 e. The third kappa shape index (κ3) is 5.69. The predicted molar refractivity (Wildman–Crippen MR) is 142 cm³/mol. The highest BCUT2D eigenvalue weighted by atomic mass is 32.2. The molecule has 0 unspecified atom stereocenters. The zero-order chi connectivity index (χ0) is 26.7. The molecule has 1 aromatic heterocycles. The standard InChI is InChI=1S/C28H33N3O5S/c1-19-10-12-24(13-11-19)37(34,35)30(4)17-26-20(2)16-31(21(3)18-32)28(33)25-14-23(15-29-27(25)36-26)22-8-6-5-7-9-22/h5-15,20-21,26,32H,16-18H2,1-4H3/t20-,21-,26-/m1/s1. The molecule has 1 aliphatic rings. The summed E-state index contributed by atoms with van der Waals surface area (Å²) in [6.45, 7) is 5.74. The molecule has 1 amide bonds. The number of pyridine rings is 1. The summed E-state index contributed by atoms with van der Waals surface area (Å²) < 4.78 is 34.0. The van der Waals surface area contributed by atoms with Crippen LogP contribution in [0.4, 0.5) is 0 Å². The SMILES string of the molecule is Cc1ccc(S(=O)(=O)N(C)C[C@H]2Oc3ncc(-c4ccccc4)cc3C(=O)N([C@H](C)CO)C[C@H]2C)cc1. The van der Waals surface area contributed by atoms with Crippen LogP contribution >= 0.6 is 0 Å². The van der Waals surface area contributed by atoms with Gasteiger partial charge < -0.3 is 14.7 Å². The first kappa shape index (κ1) is 26.8. The van der Waals surface area contributed by atoms with Crippen molar-refractivity contribution in [3.8, 4) is 17.0 Å². The molecule has 0 fully saturated rings. The third-order valence-corrected chi connectivity index (χ3v) is 8.63. The van der Waals surface area contributed by atoms with E-state index in [2.05, 4.69) is 4.98 Å². The number of fused-ring (bicyclic) bond motifs is 1. The lowest BCUT2D eigenvalue weighted by Gasteiger charge is -2.37. The van der Waals surface area contributed by atoms with Crippen molar-refractivity contribution < 1.29 is 23.1 Å². The van der Waals surface area contributed by atoms with Gasteiger partial charge in [-0.1, -0.05) is 55.0 Å². The van der Waals surface area contributed by atoms with Gasteiger partial charge in [0.15, 0.2) is 0 Å². The van der Waals surface area contributed by atoms with Crippen LogP contribution in [0.1, 0.15) is 29.8 Å². The number of sulfonamides is 1. The lowest BCUT2D eigenvalue weighted by molar-refractivity contribution is 0.0373. The Bertz CT molecular complexity index is 1350. The van der Waals surface area contributed by atoms with Gasteiger partial charge in [0, 0.05) is 31.3 Å². The average Bonchev–Trinajstić information content (AvgIpc) is 2.90. The number of benzene rings is 2. The predicted octanol–water partition coefficient (Wildman–Crippen LogP) is 3.60. The number of amides is 1. The number of aliphatic hydroxyl groups is 1. The molecular formula is C28H33N3O5S. The van der Waals surface area contributed by atoms with Crippen LogP contribution < -0.4 is 4.74 Å². The highest BCUT2D eigenvalue weighted by Gasteiger charge is 2.36. The zero-order valence-electron chi connectivity index (χ0n) is 21.5. The first-order valence-corrected chi connectivity index (χ1v) is 13.7. The summed E-state index contributed by atoms with van der Waals surface area (Å²) >= 11 is 0. The van der Waals surface area contributed by atoms with Crippen molar-refractivity contribution in [2.45, 2.75) is 37.8 Å². The molecule has 0 spiro atoms. The fourth-order valence-electron chi connectivity index (χ4n) is 4.35. The Morgan fingerprint density at radius 3 is 2.46 bits per heavy atom. The molecular weight excluding hydrogens is 490 g/mol. The number of aromatic nitrogens is 1. The van der Waals surface area contributed by atoms with Crippen LogP contribution in [-0.2, 0) is 10.0 Å². The number of hydrogen-bond acceptors (Lipinski definition) is 6. The first-order chi connectivity index (χ1) is 17.6. The van der Waals surface area contributed by atoms with Gasteiger partial charge in [0.2, 0.25) is 15.9 Å². The number of aryl methyl sites for hydroxylation is 1. The summed E-state index contributed by atoms with van der Waals surface area (Å²) in [6.07, 6.45) is 1.07. The van der Waals surface area contributed by atoms with Crippen molar-refractivity contribution in [3.63, 3.8) is 0 Å². The molecule has 0 radical (unpaired) electrons. The molecule has 1 N–H and O–H groups in total. The maximum atomic E-state index is 13.6. The second kappa shape index (κ2) is 11.0. The monoisotopic (exact) mass is 523 g/mol. The van der Waals surface area contributed by atoms with Crippen molar-refractivity contribution in [3.05, 3.63) is 78.0 Å². The van der Waals surface area contributed by atoms with Crippen LogP contribution in [0.3, 0.4) is 0 Å². The second-order valence-corrected chi connectivity index (χ2v) is 11.7. The minimum absolute atomic E-state index is 0.0640. The number of hydrogen-bond donors (Lipinski definition) is 1. The normalized spacial score (nSPS) is 19.1. The summed E-state index contributed by atoms with van der Waals surface area (Å²) in [5.74, 6) is -0.373. The minimum Gasteiger partial charge on any atom is -0.472 e. The van der Waals surface area contributed by atoms with Crippen LogP contribution in [0.15, 0.2) is 71.8 Å². The summed E-state index contributed by atoms with van der Waals surface area (Å²) in [4.78, 5) is 19.9. The van der Waals surface area contributed by atoms with Crippen LogP contribution in [-0.4, -0.2) is 72.5 Å². The van der Waals surface area contributed by atoms with Crippen LogP contribution in [0.5, 0.6) is 5.88 Å². The van der Waals surface area contributed by atoms with Crippen LogP contribution in [0.2, 0.25) is 0 Å². The van der Waals surface area contributed by atoms with Crippen molar-refractivity contribution in [1.82, 2.24) is 14.2 Å². The van der Waals surface area contributed by atoms with Crippen LogP contribution in [0.25, 0.3) is 11.1 Å². The first-order valence-electron chi connectivity index (χ1n) is 12.3. The molecule has 1 aliphatic heterocycles. The molecule has 4 rings (SSSR count). The van der Waals surface area contributed by atoms with E-state index in [9.17, 15) is 18.3 Å². The van der Waals surface area contributed by atoms with Gasteiger partial charge in [0.1, 0.15) is 11.7 Å². The average molecular weight is 524 g/mol. The van der Waals surface area contributed by atoms with Crippen molar-refractivity contribution in [2.75, 3.05) is 26.7 Å². The molecule has 196 valence electrons. The molecule has 9 heteroatoms. The van der Waals surface area contributed by atoms with Gasteiger partial charge >= 0.3 is 0 Å². The Balaban J connectivity index is 1.70. The fraction of sp³-hybridized carbons (Fsp3) is 0.357. The van der Waals surface area contributed by atoms with Gasteiger partial charge in [-0.25, -0.2) is 13.4 Å². The Hall–Kier alpha value is -3.27. The zero-order valence-corrected chi connectivity index (χ0v) is 22.4. The van der Waals surface area contributed by atoms with Crippen molar-refractivity contribution >= 4 is 15.9 Å². The summed E-state index contributed by atoms with van der Waals surface area (Å²) in [7, 11) is -2.23. The van der Waals surface area contributed by atoms with Crippen molar-refractivity contribution in [1.29, 1.82) is 0 Å². The highest BCUT2D eigenvalue weighted by Crippen LogP contribution is 2.30. The molecule has 0 bridgehead atoms. The molecule has 3 atom stereocenters. The molecule has 0 aliphatic carbocycles. The lowest BCUT2D eigenvalue weighted by atomic mass is 9.99. The van der Waals surface area contributed by atoms with Gasteiger partial charge in [-0.2, -0.15) is 4.31 Å². The Morgan fingerprint density at radius 2 is 1.81 bits per heavy atom. The van der Waals surface area contributed by atoms with Gasteiger partial charge in [0.05, 0.1) is 24.1 Å². The number of carbonyl (C=O) groups excluding carboxylic acids is 1. The lowest BCUT2D eigenvalue weighted by Crippen LogP contribution is -2.50. The van der Waals surface area contributed by atoms with E-state index in [1.54, 1.807) is 48.4 Å². The summed E-state index contributed by atoms with van der Waals surface area (Å²) in [5, 5.41) is 9.87. The number of likely N-dealkylation sites (N-methyl/N-ethyl adjacent to an activating group) is 1. The van der Waals surface area contributed by atoms with E-state index in [4.69, 9.17) is 4.74 Å². The Labute approximate surface area is 218 Å². The Morgan fingerprint density at radius 1 is 1.14 bits per heavy atom. The molecule has 3 aromatic rings. The Kier molecular flexibility index (Phi) is 7.96. The summed E-state index contributed by atoms with van der Waals surface area (Å²) in [6, 6.07) is 17.6. The number of rotatable bonds is 7. The largest absolute Gasteiger partial charge is 0.472 e. The van der Waals surface area contributed by atoms with E-state index in [1.165, 1.54) is 11.4 Å². The number of ether oxygens (including phenoxy) is 1. The second-order valence-electron chi connectivity index (χ2n) is 9.66. The quantitative estimate of drug-likeness (QED) is 0.508. The van der Waals surface area contributed by atoms with E-state index < -0.39 is 22.2 Å². The van der Waals surface area contributed by atoms with Gasteiger partial charge in [-0.3, -0.25) is 4.79 Å². The van der Waals surface area contributed by atoms with Crippen molar-refractivity contribution in [2.24, 2.45) is 5.92 Å². The van der Waals surface area contributed by atoms with E-state index in [0.29, 0.717) is 6.54 Å². The maximum absolute atomic E-state index is 13.6. The molecule has 0 saturated heterocycles. The molecule has 0 saturated carbocycles.